The van der Waals surface area contributed by atoms with Crippen LogP contribution in [-0.2, 0) is 4.74 Å². The van der Waals surface area contributed by atoms with E-state index in [-0.39, 0.29) is 6.23 Å². The van der Waals surface area contributed by atoms with Gasteiger partial charge in [0.2, 0.25) is 0 Å². The molecule has 0 radical (unpaired) electrons. The molecule has 0 spiro atoms. The Morgan fingerprint density at radius 1 is 1.75 bits per heavy atom. The fourth-order valence-electron chi connectivity index (χ4n) is 1.42. The van der Waals surface area contributed by atoms with Crippen LogP contribution in [0.15, 0.2) is 12.8 Å². The Labute approximate surface area is 101 Å². The molecule has 1 unspecified atom stereocenters. The number of nitrogens with zero attached hydrogens (tertiary/aromatic N) is 1. The first-order chi connectivity index (χ1) is 7.61. The molecule has 0 saturated carbocycles. The lowest BCUT2D eigenvalue weighted by molar-refractivity contribution is 0.0723. The molecule has 4 nitrogen and oxygen atoms in total. The second-order valence-corrected chi connectivity index (χ2v) is 3.88. The quantitative estimate of drug-likeness (QED) is 0.752. The van der Waals surface area contributed by atoms with E-state index in [0.29, 0.717) is 18.2 Å². The number of nitrogens with one attached hydrogen (secondary N) is 1. The summed E-state index contributed by atoms with van der Waals surface area (Å²) >= 11 is 6.01. The number of hydrogen-bond donors (Lipinski definition) is 2. The second-order valence-electron chi connectivity index (χ2n) is 3.47. The highest BCUT2D eigenvalue weighted by Crippen LogP contribution is 2.28. The van der Waals surface area contributed by atoms with Crippen LogP contribution < -0.4 is 10.6 Å². The summed E-state index contributed by atoms with van der Waals surface area (Å²) in [5.74, 6) is 0.893. The molecule has 0 aliphatic rings. The molecule has 0 amide bonds. The Morgan fingerprint density at radius 2 is 2.44 bits per heavy atom. The Kier molecular flexibility index (Phi) is 4.86. The molecule has 16 heavy (non-hydrogen) atoms. The van der Waals surface area contributed by atoms with Gasteiger partial charge < -0.3 is 20.4 Å². The van der Waals surface area contributed by atoms with Crippen LogP contribution >= 0.6 is 11.6 Å². The van der Waals surface area contributed by atoms with Crippen molar-refractivity contribution in [2.45, 2.75) is 13.2 Å². The average Bonchev–Trinajstić information content (AvgIpc) is 2.66. The summed E-state index contributed by atoms with van der Waals surface area (Å²) in [4.78, 5) is 5.05. The molecular formula is C11H18ClN3O. The van der Waals surface area contributed by atoms with Gasteiger partial charge in [-0.1, -0.05) is 24.3 Å². The van der Waals surface area contributed by atoms with Crippen molar-refractivity contribution in [2.75, 3.05) is 25.1 Å². The van der Waals surface area contributed by atoms with Crippen LogP contribution in [0.4, 0.5) is 5.82 Å². The summed E-state index contributed by atoms with van der Waals surface area (Å²) in [7, 11) is 1.93. The molecule has 0 aromatic carbocycles. The van der Waals surface area contributed by atoms with Gasteiger partial charge in [0.1, 0.15) is 12.0 Å². The second kappa shape index (κ2) is 5.94. The van der Waals surface area contributed by atoms with Crippen LogP contribution in [0.2, 0.25) is 5.02 Å². The zero-order valence-electron chi connectivity index (χ0n) is 9.66. The van der Waals surface area contributed by atoms with Gasteiger partial charge >= 0.3 is 0 Å². The molecule has 0 fully saturated rings. The molecule has 1 aromatic heterocycles. The SMILES string of the molecule is C=Cc1c(Cl)c[nH]c1N(C)C(C)OCCN. The molecule has 90 valence electrons. The molecule has 0 aliphatic carbocycles. The van der Waals surface area contributed by atoms with E-state index in [0.717, 1.165) is 11.4 Å². The number of aromatic amines is 1. The normalized spacial score (nSPS) is 12.5. The Morgan fingerprint density at radius 3 is 3.00 bits per heavy atom. The molecule has 5 heteroatoms. The van der Waals surface area contributed by atoms with Gasteiger partial charge in [-0.05, 0) is 6.92 Å². The maximum atomic E-state index is 6.01. The van der Waals surface area contributed by atoms with E-state index in [9.17, 15) is 0 Å². The lowest BCUT2D eigenvalue weighted by Crippen LogP contribution is -2.33. The number of nitrogens with two attached hydrogens (primary N) is 1. The Balaban J connectivity index is 2.78. The fourth-order valence-corrected chi connectivity index (χ4v) is 1.64. The minimum atomic E-state index is -0.0723. The summed E-state index contributed by atoms with van der Waals surface area (Å²) in [6, 6.07) is 0. The highest BCUT2D eigenvalue weighted by molar-refractivity contribution is 6.32. The molecule has 3 N–H and O–H groups in total. The molecule has 0 aliphatic heterocycles. The molecule has 1 heterocycles. The third-order valence-corrected chi connectivity index (χ3v) is 2.74. The number of aromatic nitrogens is 1. The number of rotatable bonds is 6. The lowest BCUT2D eigenvalue weighted by atomic mass is 10.3. The third kappa shape index (κ3) is 2.78. The van der Waals surface area contributed by atoms with Crippen molar-refractivity contribution >= 4 is 23.5 Å². The van der Waals surface area contributed by atoms with Gasteiger partial charge in [-0.2, -0.15) is 0 Å². The fraction of sp³-hybridized carbons (Fsp3) is 0.455. The van der Waals surface area contributed by atoms with Crippen molar-refractivity contribution in [3.05, 3.63) is 23.4 Å². The first-order valence-electron chi connectivity index (χ1n) is 5.15. The zero-order chi connectivity index (χ0) is 12.1. The van der Waals surface area contributed by atoms with E-state index in [2.05, 4.69) is 11.6 Å². The molecule has 0 saturated heterocycles. The highest BCUT2D eigenvalue weighted by Gasteiger charge is 2.15. The van der Waals surface area contributed by atoms with Crippen molar-refractivity contribution in [3.63, 3.8) is 0 Å². The first kappa shape index (κ1) is 13.1. The van der Waals surface area contributed by atoms with Crippen LogP contribution in [0.5, 0.6) is 0 Å². The van der Waals surface area contributed by atoms with Gasteiger partial charge in [0.05, 0.1) is 11.6 Å². The maximum Gasteiger partial charge on any atom is 0.128 e. The largest absolute Gasteiger partial charge is 0.357 e. The van der Waals surface area contributed by atoms with E-state index in [1.807, 2.05) is 18.9 Å². The molecule has 0 bridgehead atoms. The van der Waals surface area contributed by atoms with Gasteiger partial charge in [-0.3, -0.25) is 0 Å². The van der Waals surface area contributed by atoms with Gasteiger partial charge in [0.25, 0.3) is 0 Å². The van der Waals surface area contributed by atoms with E-state index in [1.54, 1.807) is 12.3 Å². The predicted molar refractivity (Wildman–Crippen MR) is 68.8 cm³/mol. The summed E-state index contributed by atoms with van der Waals surface area (Å²) in [6.07, 6.45) is 3.39. The Hall–Kier alpha value is -0.970. The average molecular weight is 244 g/mol. The maximum absolute atomic E-state index is 6.01. The van der Waals surface area contributed by atoms with Crippen LogP contribution in [0, 0.1) is 0 Å². The summed E-state index contributed by atoms with van der Waals surface area (Å²) in [6.45, 7) is 6.74. The van der Waals surface area contributed by atoms with E-state index in [4.69, 9.17) is 22.1 Å². The summed E-state index contributed by atoms with van der Waals surface area (Å²) in [5, 5.41) is 0.655. The number of anilines is 1. The van der Waals surface area contributed by atoms with Crippen molar-refractivity contribution in [1.82, 2.24) is 4.98 Å². The van der Waals surface area contributed by atoms with Crippen molar-refractivity contribution in [1.29, 1.82) is 0 Å². The summed E-state index contributed by atoms with van der Waals surface area (Å²) < 4.78 is 5.52. The summed E-state index contributed by atoms with van der Waals surface area (Å²) in [5.41, 5.74) is 6.27. The monoisotopic (exact) mass is 243 g/mol. The standard InChI is InChI=1S/C11H18ClN3O/c1-4-9-10(12)7-14-11(9)15(3)8(2)16-6-5-13/h4,7-8,14H,1,5-6,13H2,2-3H3. The van der Waals surface area contributed by atoms with E-state index in [1.165, 1.54) is 0 Å². The van der Waals surface area contributed by atoms with E-state index >= 15 is 0 Å². The van der Waals surface area contributed by atoms with Gasteiger partial charge in [0.15, 0.2) is 0 Å². The van der Waals surface area contributed by atoms with Crippen molar-refractivity contribution < 1.29 is 4.74 Å². The van der Waals surface area contributed by atoms with Crippen LogP contribution in [0.25, 0.3) is 6.08 Å². The minimum absolute atomic E-state index is 0.0723. The number of H-pyrrole nitrogens is 1. The smallest absolute Gasteiger partial charge is 0.128 e. The van der Waals surface area contributed by atoms with Gasteiger partial charge in [-0.15, -0.1) is 0 Å². The van der Waals surface area contributed by atoms with Crippen LogP contribution in [0.1, 0.15) is 12.5 Å². The minimum Gasteiger partial charge on any atom is -0.357 e. The lowest BCUT2D eigenvalue weighted by Gasteiger charge is -2.26. The number of halogens is 1. The predicted octanol–water partition coefficient (Wildman–Crippen LogP) is 2.07. The number of ether oxygens (including phenoxy) is 1. The van der Waals surface area contributed by atoms with Crippen molar-refractivity contribution in [3.8, 4) is 0 Å². The highest BCUT2D eigenvalue weighted by atomic mass is 35.5. The zero-order valence-corrected chi connectivity index (χ0v) is 10.4. The number of hydrogen-bond acceptors (Lipinski definition) is 3. The first-order valence-corrected chi connectivity index (χ1v) is 5.53. The molecule has 1 atom stereocenters. The molecule has 1 rings (SSSR count). The topological polar surface area (TPSA) is 54.3 Å². The van der Waals surface area contributed by atoms with E-state index < -0.39 is 0 Å². The Bertz CT molecular complexity index is 351. The van der Waals surface area contributed by atoms with Gasteiger partial charge in [0, 0.05) is 25.4 Å². The van der Waals surface area contributed by atoms with Gasteiger partial charge in [-0.25, -0.2) is 0 Å². The third-order valence-electron chi connectivity index (χ3n) is 2.43. The molecule has 1 aromatic rings. The van der Waals surface area contributed by atoms with Crippen LogP contribution in [-0.4, -0.2) is 31.4 Å². The van der Waals surface area contributed by atoms with Crippen molar-refractivity contribution in [2.24, 2.45) is 5.73 Å². The van der Waals surface area contributed by atoms with Crippen LogP contribution in [0.3, 0.4) is 0 Å². The molecular weight excluding hydrogens is 226 g/mol.